The van der Waals surface area contributed by atoms with Gasteiger partial charge in [-0.2, -0.15) is 5.10 Å². The molecule has 0 unspecified atom stereocenters. The van der Waals surface area contributed by atoms with E-state index in [0.29, 0.717) is 0 Å². The Morgan fingerprint density at radius 2 is 2.18 bits per heavy atom. The number of nitrogens with zero attached hydrogens (tertiary/aromatic N) is 3. The van der Waals surface area contributed by atoms with Crippen LogP contribution in [0.4, 0.5) is 0 Å². The highest BCUT2D eigenvalue weighted by atomic mass is 16.1. The summed E-state index contributed by atoms with van der Waals surface area (Å²) in [6.45, 7) is 2.71. The molecule has 0 saturated heterocycles. The minimum absolute atomic E-state index is 0.246. The summed E-state index contributed by atoms with van der Waals surface area (Å²) >= 11 is 0. The fourth-order valence-electron chi connectivity index (χ4n) is 3.18. The topological polar surface area (TPSA) is 59.3 Å². The van der Waals surface area contributed by atoms with E-state index >= 15 is 0 Å². The molecule has 1 aliphatic carbocycles. The van der Waals surface area contributed by atoms with Crippen molar-refractivity contribution in [1.82, 2.24) is 19.9 Å². The van der Waals surface area contributed by atoms with Crippen LogP contribution in [-0.4, -0.2) is 27.0 Å². The zero-order valence-electron chi connectivity index (χ0n) is 13.2. The molecule has 0 aromatic carbocycles. The van der Waals surface area contributed by atoms with Crippen molar-refractivity contribution in [3.63, 3.8) is 0 Å². The second kappa shape index (κ2) is 6.90. The third kappa shape index (κ3) is 3.64. The second-order valence-corrected chi connectivity index (χ2v) is 6.28. The number of carbonyl (C=O) groups is 1. The Kier molecular flexibility index (Phi) is 4.71. The van der Waals surface area contributed by atoms with E-state index in [0.717, 1.165) is 49.1 Å². The molecule has 2 heterocycles. The number of aryl methyl sites for hydroxylation is 2. The van der Waals surface area contributed by atoms with Gasteiger partial charge >= 0.3 is 0 Å². The molecule has 2 aromatic rings. The summed E-state index contributed by atoms with van der Waals surface area (Å²) < 4.78 is 1.82. The number of aromatic nitrogens is 3. The Bertz CT molecular complexity index is 643. The molecule has 2 aromatic heterocycles. The monoisotopic (exact) mass is 300 g/mol. The first-order chi connectivity index (χ1) is 10.7. The Balaban J connectivity index is 1.44. The molecule has 118 valence electrons. The maximum atomic E-state index is 12.0. The normalized spacial score (nSPS) is 16.0. The van der Waals surface area contributed by atoms with Gasteiger partial charge in [-0.25, -0.2) is 9.50 Å². The van der Waals surface area contributed by atoms with E-state index in [-0.39, 0.29) is 11.8 Å². The molecule has 5 nitrogen and oxygen atoms in total. The van der Waals surface area contributed by atoms with Gasteiger partial charge in [-0.05, 0) is 38.2 Å². The van der Waals surface area contributed by atoms with Crippen molar-refractivity contribution < 1.29 is 4.79 Å². The van der Waals surface area contributed by atoms with E-state index in [2.05, 4.69) is 15.4 Å². The molecule has 3 rings (SSSR count). The SMILES string of the molecule is Cc1cc2ncc(CCCNC(=O)C3CCCCC3)cn2n1. The van der Waals surface area contributed by atoms with E-state index < -0.39 is 0 Å². The summed E-state index contributed by atoms with van der Waals surface area (Å²) in [6, 6.07) is 1.97. The Morgan fingerprint density at radius 1 is 1.36 bits per heavy atom. The average Bonchev–Trinajstić information content (AvgIpc) is 2.91. The van der Waals surface area contributed by atoms with Crippen LogP contribution in [0.15, 0.2) is 18.5 Å². The van der Waals surface area contributed by atoms with Crippen LogP contribution in [-0.2, 0) is 11.2 Å². The van der Waals surface area contributed by atoms with E-state index in [1.807, 2.05) is 29.9 Å². The Labute approximate surface area is 131 Å². The van der Waals surface area contributed by atoms with Crippen LogP contribution in [0.3, 0.4) is 0 Å². The first-order valence-corrected chi connectivity index (χ1v) is 8.31. The van der Waals surface area contributed by atoms with Crippen molar-refractivity contribution in [1.29, 1.82) is 0 Å². The Morgan fingerprint density at radius 3 is 3.00 bits per heavy atom. The summed E-state index contributed by atoms with van der Waals surface area (Å²) in [6.07, 6.45) is 11.6. The molecule has 1 aliphatic rings. The standard InChI is InChI=1S/C17H24N4O/c1-13-10-16-19-11-14(12-21(16)20-13)6-5-9-18-17(22)15-7-3-2-4-8-15/h10-12,15H,2-9H2,1H3,(H,18,22). The van der Waals surface area contributed by atoms with Gasteiger partial charge in [0.05, 0.1) is 5.69 Å². The molecular weight excluding hydrogens is 276 g/mol. The lowest BCUT2D eigenvalue weighted by Gasteiger charge is -2.20. The lowest BCUT2D eigenvalue weighted by Crippen LogP contribution is -2.32. The van der Waals surface area contributed by atoms with Crippen LogP contribution in [0.1, 0.15) is 49.8 Å². The lowest BCUT2D eigenvalue weighted by molar-refractivity contribution is -0.125. The van der Waals surface area contributed by atoms with Gasteiger partial charge in [0.1, 0.15) is 0 Å². The Hall–Kier alpha value is -1.91. The molecule has 22 heavy (non-hydrogen) atoms. The van der Waals surface area contributed by atoms with Gasteiger partial charge < -0.3 is 5.32 Å². The fraction of sp³-hybridized carbons (Fsp3) is 0.588. The van der Waals surface area contributed by atoms with Gasteiger partial charge in [-0.15, -0.1) is 0 Å². The van der Waals surface area contributed by atoms with Gasteiger partial charge in [-0.3, -0.25) is 4.79 Å². The highest BCUT2D eigenvalue weighted by Gasteiger charge is 2.20. The highest BCUT2D eigenvalue weighted by molar-refractivity contribution is 5.78. The molecular formula is C17H24N4O. The van der Waals surface area contributed by atoms with Crippen molar-refractivity contribution in [3.05, 3.63) is 29.7 Å². The molecule has 0 atom stereocenters. The number of amides is 1. The first-order valence-electron chi connectivity index (χ1n) is 8.31. The van der Waals surface area contributed by atoms with Crippen molar-refractivity contribution in [2.24, 2.45) is 5.92 Å². The molecule has 1 amide bonds. The predicted molar refractivity (Wildman–Crippen MR) is 85.6 cm³/mol. The molecule has 0 aliphatic heterocycles. The number of fused-ring (bicyclic) bond motifs is 1. The van der Waals surface area contributed by atoms with Gasteiger partial charge in [0.15, 0.2) is 5.65 Å². The number of carbonyl (C=O) groups excluding carboxylic acids is 1. The first kappa shape index (κ1) is 15.0. The van der Waals surface area contributed by atoms with Crippen LogP contribution in [0, 0.1) is 12.8 Å². The minimum atomic E-state index is 0.246. The molecule has 1 fully saturated rings. The van der Waals surface area contributed by atoms with Crippen molar-refractivity contribution in [2.75, 3.05) is 6.54 Å². The summed E-state index contributed by atoms with van der Waals surface area (Å²) in [5.41, 5.74) is 3.01. The number of nitrogens with one attached hydrogen (secondary N) is 1. The number of hydrogen-bond acceptors (Lipinski definition) is 3. The third-order valence-corrected chi connectivity index (χ3v) is 4.41. The van der Waals surface area contributed by atoms with Gasteiger partial charge in [0.2, 0.25) is 5.91 Å². The van der Waals surface area contributed by atoms with Crippen LogP contribution >= 0.6 is 0 Å². The van der Waals surface area contributed by atoms with Crippen LogP contribution in [0.25, 0.3) is 5.65 Å². The van der Waals surface area contributed by atoms with Crippen molar-refractivity contribution in [3.8, 4) is 0 Å². The van der Waals surface area contributed by atoms with Crippen LogP contribution in [0.2, 0.25) is 0 Å². The summed E-state index contributed by atoms with van der Waals surface area (Å²) in [5.74, 6) is 0.495. The molecule has 0 spiro atoms. The lowest BCUT2D eigenvalue weighted by atomic mass is 9.88. The summed E-state index contributed by atoms with van der Waals surface area (Å²) in [5, 5.41) is 7.46. The zero-order chi connectivity index (χ0) is 15.4. The highest BCUT2D eigenvalue weighted by Crippen LogP contribution is 2.23. The molecule has 0 radical (unpaired) electrons. The van der Waals surface area contributed by atoms with Crippen molar-refractivity contribution in [2.45, 2.75) is 51.9 Å². The summed E-state index contributed by atoms with van der Waals surface area (Å²) in [4.78, 5) is 16.5. The minimum Gasteiger partial charge on any atom is -0.356 e. The zero-order valence-corrected chi connectivity index (χ0v) is 13.2. The molecule has 5 heteroatoms. The van der Waals surface area contributed by atoms with E-state index in [4.69, 9.17) is 0 Å². The number of hydrogen-bond donors (Lipinski definition) is 1. The third-order valence-electron chi connectivity index (χ3n) is 4.41. The van der Waals surface area contributed by atoms with E-state index in [1.54, 1.807) is 0 Å². The average molecular weight is 300 g/mol. The molecule has 1 saturated carbocycles. The van der Waals surface area contributed by atoms with E-state index in [9.17, 15) is 4.79 Å². The fourth-order valence-corrected chi connectivity index (χ4v) is 3.18. The maximum absolute atomic E-state index is 12.0. The molecule has 0 bridgehead atoms. The van der Waals surface area contributed by atoms with Gasteiger partial charge in [0.25, 0.3) is 0 Å². The smallest absolute Gasteiger partial charge is 0.223 e. The second-order valence-electron chi connectivity index (χ2n) is 6.28. The largest absolute Gasteiger partial charge is 0.356 e. The van der Waals surface area contributed by atoms with Crippen molar-refractivity contribution >= 4 is 11.6 Å². The predicted octanol–water partition coefficient (Wildman–Crippen LogP) is 2.67. The van der Waals surface area contributed by atoms with Gasteiger partial charge in [-0.1, -0.05) is 19.3 Å². The van der Waals surface area contributed by atoms with Crippen LogP contribution < -0.4 is 5.32 Å². The van der Waals surface area contributed by atoms with E-state index in [1.165, 1.54) is 19.3 Å². The number of rotatable bonds is 5. The van der Waals surface area contributed by atoms with Crippen LogP contribution in [0.5, 0.6) is 0 Å². The quantitative estimate of drug-likeness (QED) is 0.864. The molecule has 1 N–H and O–H groups in total. The maximum Gasteiger partial charge on any atom is 0.223 e. The van der Waals surface area contributed by atoms with Gasteiger partial charge in [0, 0.05) is 30.9 Å². The summed E-state index contributed by atoms with van der Waals surface area (Å²) in [7, 11) is 0.